The first kappa shape index (κ1) is 47.3. The predicted molar refractivity (Wildman–Crippen MR) is 229 cm³/mol. The molecular weight excluding hydrogens is 799 g/mol. The number of hydrogen-bond donors (Lipinski definition) is 4. The van der Waals surface area contributed by atoms with E-state index in [4.69, 9.17) is 9.15 Å². The van der Waals surface area contributed by atoms with Gasteiger partial charge in [0.05, 0.1) is 23.3 Å². The molecule has 0 bridgehead atoms. The highest BCUT2D eigenvalue weighted by molar-refractivity contribution is 7.86. The first-order valence-corrected chi connectivity index (χ1v) is 23.1. The van der Waals surface area contributed by atoms with Crippen LogP contribution in [0.4, 0.5) is 5.69 Å². The van der Waals surface area contributed by atoms with E-state index in [1.165, 1.54) is 12.1 Å². The van der Waals surface area contributed by atoms with E-state index < -0.39 is 31.6 Å². The van der Waals surface area contributed by atoms with Gasteiger partial charge in [0.1, 0.15) is 24.6 Å². The van der Waals surface area contributed by atoms with Gasteiger partial charge < -0.3 is 24.5 Å². The van der Waals surface area contributed by atoms with E-state index in [9.17, 15) is 40.6 Å². The number of hydrogen-bond acceptors (Lipinski definition) is 9. The Kier molecular flexibility index (Phi) is 16.3. The fourth-order valence-electron chi connectivity index (χ4n) is 7.64. The number of unbranched alkanes of at least 4 members (excludes halogenated alkanes) is 2. The zero-order valence-electron chi connectivity index (χ0n) is 35.0. The second-order valence-electron chi connectivity index (χ2n) is 16.2. The summed E-state index contributed by atoms with van der Waals surface area (Å²) < 4.78 is 80.3. The van der Waals surface area contributed by atoms with Crippen molar-refractivity contribution in [3.8, 4) is 11.3 Å². The molecule has 59 heavy (non-hydrogen) atoms. The van der Waals surface area contributed by atoms with Gasteiger partial charge in [-0.05, 0) is 98.6 Å². The molecule has 4 N–H and O–H groups in total. The number of aliphatic carboxylic acids is 1. The van der Waals surface area contributed by atoms with Gasteiger partial charge in [-0.25, -0.2) is 4.58 Å². The lowest BCUT2D eigenvalue weighted by Crippen LogP contribution is -2.31. The van der Waals surface area contributed by atoms with Crippen LogP contribution in [0, 0.1) is 0 Å². The van der Waals surface area contributed by atoms with Crippen LogP contribution < -0.4 is 20.1 Å². The Morgan fingerprint density at radius 3 is 2.37 bits per heavy atom. The number of ether oxygens (including phenoxy) is 1. The second kappa shape index (κ2) is 20.3. The lowest BCUT2D eigenvalue weighted by Gasteiger charge is -2.30. The van der Waals surface area contributed by atoms with Crippen molar-refractivity contribution in [2.24, 2.45) is 0 Å². The number of fused-ring (bicyclic) bond motifs is 2. The summed E-state index contributed by atoms with van der Waals surface area (Å²) >= 11 is 0. The van der Waals surface area contributed by atoms with Crippen LogP contribution >= 0.6 is 0 Å². The number of rotatable bonds is 21. The standard InChI is InChI=1S/C43H59N3O11S2/c1-7-45(24-13-27-58(50,51)52)31-18-20-34-35(42(2,3)4)29-32(57-38(34)28-31)14-11-15-39-43(5,22-12-16-40(47)44-23-26-56-6)36-30-33(59(53,54)55)19-21-37(36)46(39)25-10-8-9-17-41(48)49/h11,14-15,18-21,28-30H,7-10,12-13,16-17,22-27H2,1-6H3,(H3-,44,47,48,49,50,51,52,53,54,55)/p+1. The van der Waals surface area contributed by atoms with Crippen LogP contribution in [0.25, 0.3) is 17.4 Å². The number of anilines is 1. The minimum atomic E-state index is -4.53. The SMILES string of the molecule is CC[N+](CCCS(=O)(=O)O)=c1ccc2c(C(C)(C)C)cc(/C=C/C=C3/N(CCCCCC(=O)O)c4ccc(S(=O)(=O)O)cc4C3(C)CCCC(=O)NCCOC)oc-2c1. The van der Waals surface area contributed by atoms with E-state index in [2.05, 4.69) is 31.0 Å². The van der Waals surface area contributed by atoms with Gasteiger partial charge in [-0.15, -0.1) is 0 Å². The van der Waals surface area contributed by atoms with Crippen LogP contribution in [0.2, 0.25) is 0 Å². The third-order valence-corrected chi connectivity index (χ3v) is 12.3. The second-order valence-corrected chi connectivity index (χ2v) is 19.2. The van der Waals surface area contributed by atoms with E-state index in [1.54, 1.807) is 13.2 Å². The number of carboxylic acids is 1. The largest absolute Gasteiger partial charge is 0.481 e. The highest BCUT2D eigenvalue weighted by atomic mass is 32.2. The van der Waals surface area contributed by atoms with Gasteiger partial charge in [0, 0.05) is 67.9 Å². The average Bonchev–Trinajstić information content (AvgIpc) is 3.37. The topological polar surface area (TPSA) is 204 Å². The molecule has 2 aliphatic heterocycles. The minimum absolute atomic E-state index is 0.0573. The van der Waals surface area contributed by atoms with Gasteiger partial charge in [-0.2, -0.15) is 16.8 Å². The van der Waals surface area contributed by atoms with Crippen molar-refractivity contribution >= 4 is 43.9 Å². The predicted octanol–water partition coefficient (Wildman–Crippen LogP) is 6.25. The minimum Gasteiger partial charge on any atom is -0.481 e. The fourth-order valence-corrected chi connectivity index (χ4v) is 8.64. The molecule has 1 atom stereocenters. The molecule has 0 saturated carbocycles. The zero-order chi connectivity index (χ0) is 43.6. The molecule has 0 spiro atoms. The third-order valence-electron chi connectivity index (χ3n) is 10.7. The van der Waals surface area contributed by atoms with Gasteiger partial charge >= 0.3 is 5.97 Å². The summed E-state index contributed by atoms with van der Waals surface area (Å²) in [5.74, 6) is -0.116. The Morgan fingerprint density at radius 1 is 0.983 bits per heavy atom. The normalized spacial score (nSPS) is 17.2. The Morgan fingerprint density at radius 2 is 1.73 bits per heavy atom. The number of amides is 1. The Balaban J connectivity index is 1.82. The molecule has 14 nitrogen and oxygen atoms in total. The number of allylic oxidation sites excluding steroid dienone is 3. The first-order chi connectivity index (χ1) is 27.7. The maximum absolute atomic E-state index is 12.7. The smallest absolute Gasteiger partial charge is 0.303 e. The van der Waals surface area contributed by atoms with E-state index in [1.807, 2.05) is 60.9 Å². The monoisotopic (exact) mass is 858 g/mol. The number of methoxy groups -OCH3 is 1. The lowest BCUT2D eigenvalue weighted by molar-refractivity contribution is -0.137. The van der Waals surface area contributed by atoms with E-state index in [0.29, 0.717) is 82.0 Å². The van der Waals surface area contributed by atoms with Crippen molar-refractivity contribution in [3.63, 3.8) is 0 Å². The Hall–Kier alpha value is -4.35. The Bertz CT molecular complexity index is 2290. The summed E-state index contributed by atoms with van der Waals surface area (Å²) in [6.45, 7) is 12.6. The molecule has 1 amide bonds. The molecule has 1 aliphatic carbocycles. The summed E-state index contributed by atoms with van der Waals surface area (Å²) in [4.78, 5) is 25.8. The van der Waals surface area contributed by atoms with Gasteiger partial charge in [-0.1, -0.05) is 33.3 Å². The van der Waals surface area contributed by atoms with Crippen molar-refractivity contribution < 1.29 is 49.8 Å². The summed E-state index contributed by atoms with van der Waals surface area (Å²) in [5.41, 5.74) is 3.22. The van der Waals surface area contributed by atoms with E-state index in [0.717, 1.165) is 27.9 Å². The molecule has 1 unspecified atom stereocenters. The molecule has 0 radical (unpaired) electrons. The molecule has 0 saturated heterocycles. The average molecular weight is 859 g/mol. The zero-order valence-corrected chi connectivity index (χ0v) is 36.6. The number of carboxylic acid groups (broad SMARTS) is 1. The summed E-state index contributed by atoms with van der Waals surface area (Å²) in [6.07, 6.45) is 9.02. The molecule has 1 aromatic rings. The number of carbonyl (C=O) groups is 2. The van der Waals surface area contributed by atoms with Crippen molar-refractivity contribution in [1.29, 1.82) is 0 Å². The third kappa shape index (κ3) is 13.1. The van der Waals surface area contributed by atoms with E-state index >= 15 is 0 Å². The number of benzene rings is 2. The molecular formula is C43H60N3O11S2+. The molecule has 0 aromatic heterocycles. The number of carbonyl (C=O) groups excluding carboxylic acids is 1. The molecule has 3 aliphatic rings. The number of nitrogens with one attached hydrogen (secondary N) is 1. The van der Waals surface area contributed by atoms with Crippen molar-refractivity contribution in [1.82, 2.24) is 9.89 Å². The maximum atomic E-state index is 12.7. The molecule has 4 rings (SSSR count). The lowest BCUT2D eigenvalue weighted by atomic mass is 9.77. The maximum Gasteiger partial charge on any atom is 0.303 e. The van der Waals surface area contributed by atoms with Gasteiger partial charge in [0.15, 0.2) is 0 Å². The first-order valence-electron chi connectivity index (χ1n) is 20.0. The molecule has 2 heterocycles. The van der Waals surface area contributed by atoms with E-state index in [-0.39, 0.29) is 41.2 Å². The van der Waals surface area contributed by atoms with Crippen molar-refractivity contribution in [3.05, 3.63) is 82.6 Å². The van der Waals surface area contributed by atoms with Crippen LogP contribution in [0.15, 0.2) is 69.6 Å². The highest BCUT2D eigenvalue weighted by Crippen LogP contribution is 2.51. The van der Waals surface area contributed by atoms with Crippen LogP contribution in [0.3, 0.4) is 0 Å². The van der Waals surface area contributed by atoms with Gasteiger partial charge in [0.25, 0.3) is 20.2 Å². The summed E-state index contributed by atoms with van der Waals surface area (Å²) in [7, 11) is -7.05. The molecule has 324 valence electrons. The van der Waals surface area contributed by atoms with Gasteiger partial charge in [0.2, 0.25) is 11.3 Å². The van der Waals surface area contributed by atoms with Crippen LogP contribution in [-0.4, -0.2) is 88.6 Å². The summed E-state index contributed by atoms with van der Waals surface area (Å²) in [6, 6.07) is 12.5. The van der Waals surface area contributed by atoms with Crippen LogP contribution in [0.5, 0.6) is 0 Å². The number of nitrogens with zero attached hydrogens (tertiary/aromatic N) is 2. The van der Waals surface area contributed by atoms with Crippen molar-refractivity contribution in [2.45, 2.75) is 102 Å². The Labute approximate surface area is 348 Å². The molecule has 16 heteroatoms. The fraction of sp³-hybridized carbons (Fsp3) is 0.512. The molecule has 0 fully saturated rings. The molecule has 1 aromatic carbocycles. The van der Waals surface area contributed by atoms with Crippen LogP contribution in [0.1, 0.15) is 103 Å². The highest BCUT2D eigenvalue weighted by Gasteiger charge is 2.43. The van der Waals surface area contributed by atoms with Crippen LogP contribution in [-0.2, 0) is 45.4 Å². The van der Waals surface area contributed by atoms with Crippen molar-refractivity contribution in [2.75, 3.05) is 50.5 Å². The summed E-state index contributed by atoms with van der Waals surface area (Å²) in [5, 5.41) is 12.9. The quantitative estimate of drug-likeness (QED) is 0.0534. The van der Waals surface area contributed by atoms with Gasteiger partial charge in [-0.3, -0.25) is 18.7 Å².